The lowest BCUT2D eigenvalue weighted by molar-refractivity contribution is -0.117. The zero-order valence-corrected chi connectivity index (χ0v) is 16.6. The summed E-state index contributed by atoms with van der Waals surface area (Å²) in [6, 6.07) is 8.97. The van der Waals surface area contributed by atoms with E-state index in [0.717, 1.165) is 32.7 Å². The van der Waals surface area contributed by atoms with Gasteiger partial charge in [-0.3, -0.25) is 14.6 Å². The summed E-state index contributed by atoms with van der Waals surface area (Å²) in [6.45, 7) is 4.64. The number of hydrogen-bond donors (Lipinski definition) is 1. The number of nitrogens with one attached hydrogen (secondary N) is 1. The summed E-state index contributed by atoms with van der Waals surface area (Å²) in [4.78, 5) is 20.9. The number of amides is 1. The van der Waals surface area contributed by atoms with E-state index in [9.17, 15) is 4.79 Å². The lowest BCUT2D eigenvalue weighted by Gasteiger charge is -2.34. The molecule has 0 unspecified atom stereocenters. The molecule has 1 aliphatic rings. The van der Waals surface area contributed by atoms with Crippen LogP contribution >= 0.6 is 23.2 Å². The van der Waals surface area contributed by atoms with Crippen LogP contribution in [0.5, 0.6) is 5.88 Å². The van der Waals surface area contributed by atoms with Gasteiger partial charge < -0.3 is 10.1 Å². The molecule has 0 saturated carbocycles. The van der Waals surface area contributed by atoms with Crippen LogP contribution in [0.15, 0.2) is 36.5 Å². The number of carbonyl (C=O) groups is 1. The van der Waals surface area contributed by atoms with Crippen molar-refractivity contribution in [3.63, 3.8) is 0 Å². The van der Waals surface area contributed by atoms with Crippen LogP contribution in [0.1, 0.15) is 5.56 Å². The van der Waals surface area contributed by atoms with Gasteiger partial charge in [-0.2, -0.15) is 0 Å². The van der Waals surface area contributed by atoms with Gasteiger partial charge in [0.2, 0.25) is 11.8 Å². The number of ether oxygens (including phenoxy) is 1. The molecular weight excluding hydrogens is 387 g/mol. The first-order valence-corrected chi connectivity index (χ1v) is 9.47. The fourth-order valence-corrected chi connectivity index (χ4v) is 3.35. The van der Waals surface area contributed by atoms with Gasteiger partial charge in [-0.15, -0.1) is 0 Å². The van der Waals surface area contributed by atoms with Gasteiger partial charge in [-0.1, -0.05) is 23.2 Å². The number of nitrogens with zero attached hydrogens (tertiary/aromatic N) is 3. The minimum atomic E-state index is -0.0912. The van der Waals surface area contributed by atoms with Crippen molar-refractivity contribution in [2.75, 3.05) is 45.2 Å². The summed E-state index contributed by atoms with van der Waals surface area (Å²) in [5, 5.41) is 3.85. The molecule has 6 nitrogen and oxygen atoms in total. The minimum absolute atomic E-state index is 0.0912. The van der Waals surface area contributed by atoms with Gasteiger partial charge in [-0.25, -0.2) is 4.98 Å². The summed E-state index contributed by atoms with van der Waals surface area (Å²) in [7, 11) is 1.62. The second-order valence-corrected chi connectivity index (χ2v) is 7.27. The predicted molar refractivity (Wildman–Crippen MR) is 108 cm³/mol. The minimum Gasteiger partial charge on any atom is -0.481 e. The molecule has 2 heterocycles. The molecule has 3 rings (SSSR count). The molecule has 0 radical (unpaired) electrons. The normalized spacial score (nSPS) is 15.5. The summed E-state index contributed by atoms with van der Waals surface area (Å²) < 4.78 is 5.17. The van der Waals surface area contributed by atoms with Gasteiger partial charge in [0.05, 0.1) is 24.4 Å². The van der Waals surface area contributed by atoms with E-state index >= 15 is 0 Å². The van der Waals surface area contributed by atoms with E-state index < -0.39 is 0 Å². The van der Waals surface area contributed by atoms with Crippen LogP contribution in [-0.2, 0) is 11.3 Å². The Labute approximate surface area is 169 Å². The second-order valence-electron chi connectivity index (χ2n) is 6.43. The van der Waals surface area contributed by atoms with E-state index in [-0.39, 0.29) is 5.91 Å². The third-order valence-corrected chi connectivity index (χ3v) is 5.01. The molecule has 1 N–H and O–H groups in total. The molecule has 1 saturated heterocycles. The van der Waals surface area contributed by atoms with E-state index in [1.165, 1.54) is 5.56 Å². The molecule has 2 aromatic rings. The number of piperazine rings is 1. The maximum absolute atomic E-state index is 12.3. The van der Waals surface area contributed by atoms with Crippen molar-refractivity contribution in [2.24, 2.45) is 0 Å². The van der Waals surface area contributed by atoms with E-state index in [1.54, 1.807) is 31.5 Å². The zero-order valence-electron chi connectivity index (χ0n) is 15.1. The van der Waals surface area contributed by atoms with Crippen molar-refractivity contribution in [3.8, 4) is 5.88 Å². The van der Waals surface area contributed by atoms with Crippen molar-refractivity contribution in [1.82, 2.24) is 14.8 Å². The third-order valence-electron chi connectivity index (χ3n) is 4.45. The van der Waals surface area contributed by atoms with E-state index in [1.807, 2.05) is 12.1 Å². The van der Waals surface area contributed by atoms with Gasteiger partial charge in [-0.05, 0) is 29.8 Å². The van der Waals surface area contributed by atoms with Crippen LogP contribution in [0.3, 0.4) is 0 Å². The van der Waals surface area contributed by atoms with E-state index in [4.69, 9.17) is 27.9 Å². The topological polar surface area (TPSA) is 57.7 Å². The summed E-state index contributed by atoms with van der Waals surface area (Å²) >= 11 is 12.0. The van der Waals surface area contributed by atoms with Crippen LogP contribution in [0, 0.1) is 0 Å². The average molecular weight is 409 g/mol. The third kappa shape index (κ3) is 5.81. The SMILES string of the molecule is COc1cc(CN2CCN(CC(=O)Nc3cc(Cl)ccc3Cl)CC2)ccn1. The van der Waals surface area contributed by atoms with Gasteiger partial charge in [0.25, 0.3) is 0 Å². The first kappa shape index (κ1) is 19.9. The van der Waals surface area contributed by atoms with Gasteiger partial charge >= 0.3 is 0 Å². The van der Waals surface area contributed by atoms with Gasteiger partial charge in [0.1, 0.15) is 0 Å². The maximum Gasteiger partial charge on any atom is 0.238 e. The van der Waals surface area contributed by atoms with Crippen LogP contribution < -0.4 is 10.1 Å². The molecule has 0 aliphatic carbocycles. The number of halogens is 2. The number of benzene rings is 1. The summed E-state index contributed by atoms with van der Waals surface area (Å²) in [5.41, 5.74) is 1.71. The molecular formula is C19H22Cl2N4O2. The number of rotatable bonds is 6. The van der Waals surface area contributed by atoms with Crippen LogP contribution in [0.25, 0.3) is 0 Å². The number of carbonyl (C=O) groups excluding carboxylic acids is 1. The first-order chi connectivity index (χ1) is 13.0. The molecule has 1 amide bonds. The number of aromatic nitrogens is 1. The van der Waals surface area contributed by atoms with Crippen molar-refractivity contribution in [2.45, 2.75) is 6.54 Å². The lowest BCUT2D eigenvalue weighted by Crippen LogP contribution is -2.48. The van der Waals surface area contributed by atoms with Crippen molar-refractivity contribution >= 4 is 34.8 Å². The average Bonchev–Trinajstić information content (AvgIpc) is 2.66. The summed E-state index contributed by atoms with van der Waals surface area (Å²) in [6.07, 6.45) is 1.76. The Morgan fingerprint density at radius 3 is 2.63 bits per heavy atom. The fraction of sp³-hybridized carbons (Fsp3) is 0.368. The Morgan fingerprint density at radius 1 is 1.15 bits per heavy atom. The van der Waals surface area contributed by atoms with Crippen molar-refractivity contribution in [1.29, 1.82) is 0 Å². The van der Waals surface area contributed by atoms with Crippen LogP contribution in [0.2, 0.25) is 10.0 Å². The highest BCUT2D eigenvalue weighted by Crippen LogP contribution is 2.25. The fourth-order valence-electron chi connectivity index (χ4n) is 3.01. The highest BCUT2D eigenvalue weighted by Gasteiger charge is 2.19. The van der Waals surface area contributed by atoms with Crippen LogP contribution in [0.4, 0.5) is 5.69 Å². The molecule has 144 valence electrons. The molecule has 0 bridgehead atoms. The Kier molecular flexibility index (Phi) is 6.90. The Balaban J connectivity index is 1.46. The maximum atomic E-state index is 12.3. The Hall–Kier alpha value is -1.86. The standard InChI is InChI=1S/C19H22Cl2N4O2/c1-27-19-10-14(4-5-22-19)12-24-6-8-25(9-7-24)13-18(26)23-17-11-15(20)2-3-16(17)21/h2-5,10-11H,6-9,12-13H2,1H3,(H,23,26). The van der Waals surface area contributed by atoms with Gasteiger partial charge in [0, 0.05) is 50.0 Å². The molecule has 1 aliphatic heterocycles. The molecule has 1 aromatic carbocycles. The highest BCUT2D eigenvalue weighted by atomic mass is 35.5. The predicted octanol–water partition coefficient (Wildman–Crippen LogP) is 3.15. The molecule has 1 aromatic heterocycles. The number of methoxy groups -OCH3 is 1. The smallest absolute Gasteiger partial charge is 0.238 e. The zero-order chi connectivity index (χ0) is 19.2. The Morgan fingerprint density at radius 2 is 1.89 bits per heavy atom. The monoisotopic (exact) mass is 408 g/mol. The first-order valence-electron chi connectivity index (χ1n) is 8.72. The molecule has 8 heteroatoms. The van der Waals surface area contributed by atoms with E-state index in [0.29, 0.717) is 28.2 Å². The molecule has 1 fully saturated rings. The lowest BCUT2D eigenvalue weighted by atomic mass is 10.2. The molecule has 0 atom stereocenters. The van der Waals surface area contributed by atoms with Crippen LogP contribution in [-0.4, -0.2) is 60.5 Å². The van der Waals surface area contributed by atoms with E-state index in [2.05, 4.69) is 20.1 Å². The number of anilines is 1. The largest absolute Gasteiger partial charge is 0.481 e. The highest BCUT2D eigenvalue weighted by molar-refractivity contribution is 6.35. The number of pyridine rings is 1. The van der Waals surface area contributed by atoms with Gasteiger partial charge in [0.15, 0.2) is 0 Å². The molecule has 27 heavy (non-hydrogen) atoms. The van der Waals surface area contributed by atoms with Crippen molar-refractivity contribution in [3.05, 3.63) is 52.1 Å². The molecule has 0 spiro atoms. The number of hydrogen-bond acceptors (Lipinski definition) is 5. The Bertz CT molecular complexity index is 795. The van der Waals surface area contributed by atoms with Crippen molar-refractivity contribution < 1.29 is 9.53 Å². The second kappa shape index (κ2) is 9.37. The quantitative estimate of drug-likeness (QED) is 0.795. The summed E-state index contributed by atoms with van der Waals surface area (Å²) in [5.74, 6) is 0.536.